The highest BCUT2D eigenvalue weighted by Crippen LogP contribution is 2.31. The van der Waals surface area contributed by atoms with E-state index in [0.29, 0.717) is 11.3 Å². The van der Waals surface area contributed by atoms with Crippen molar-refractivity contribution < 1.29 is 27.5 Å². The van der Waals surface area contributed by atoms with E-state index in [4.69, 9.17) is 10.5 Å². The molecule has 5 nitrogen and oxygen atoms in total. The number of benzene rings is 2. The van der Waals surface area contributed by atoms with Crippen molar-refractivity contribution in [2.45, 2.75) is 18.6 Å². The van der Waals surface area contributed by atoms with Crippen LogP contribution in [0.2, 0.25) is 0 Å². The highest BCUT2D eigenvalue weighted by atomic mass is 19.4. The van der Waals surface area contributed by atoms with Crippen molar-refractivity contribution in [3.63, 3.8) is 0 Å². The largest absolute Gasteiger partial charge is 0.497 e. The maximum absolute atomic E-state index is 13.0. The Labute approximate surface area is 148 Å². The number of halogens is 3. The Morgan fingerprint density at radius 2 is 1.73 bits per heavy atom. The van der Waals surface area contributed by atoms with Gasteiger partial charge >= 0.3 is 6.18 Å². The van der Waals surface area contributed by atoms with Crippen LogP contribution in [0.25, 0.3) is 0 Å². The van der Waals surface area contributed by atoms with Gasteiger partial charge < -0.3 is 15.8 Å². The Kier molecular flexibility index (Phi) is 5.86. The number of primary amides is 1. The first-order valence-corrected chi connectivity index (χ1v) is 7.61. The van der Waals surface area contributed by atoms with Gasteiger partial charge in [0.15, 0.2) is 0 Å². The quantitative estimate of drug-likeness (QED) is 0.824. The number of methoxy groups -OCH3 is 1. The van der Waals surface area contributed by atoms with Crippen molar-refractivity contribution in [2.24, 2.45) is 5.73 Å². The summed E-state index contributed by atoms with van der Waals surface area (Å²) in [6.45, 7) is 0. The Morgan fingerprint density at radius 1 is 1.12 bits per heavy atom. The van der Waals surface area contributed by atoms with Crippen LogP contribution in [-0.2, 0) is 17.4 Å². The summed E-state index contributed by atoms with van der Waals surface area (Å²) < 4.78 is 44.1. The molecule has 3 N–H and O–H groups in total. The van der Waals surface area contributed by atoms with E-state index in [9.17, 15) is 22.8 Å². The van der Waals surface area contributed by atoms with E-state index in [2.05, 4.69) is 5.32 Å². The summed E-state index contributed by atoms with van der Waals surface area (Å²) in [6.07, 6.45) is -4.65. The molecule has 0 unspecified atom stereocenters. The standard InChI is InChI=1S/C18H17F3N2O3/c1-26-12-8-6-11(7-9-12)10-15(16(22)24)23-17(25)13-4-2-3-5-14(13)18(19,20)21/h2-9,15H,10H2,1H3,(H2,22,24)(H,23,25)/t15-/m1/s1. The smallest absolute Gasteiger partial charge is 0.417 e. The summed E-state index contributed by atoms with van der Waals surface area (Å²) in [4.78, 5) is 23.9. The third-order valence-electron chi connectivity index (χ3n) is 3.72. The van der Waals surface area contributed by atoms with E-state index in [1.807, 2.05) is 0 Å². The highest BCUT2D eigenvalue weighted by Gasteiger charge is 2.35. The number of rotatable bonds is 6. The van der Waals surface area contributed by atoms with Crippen LogP contribution in [-0.4, -0.2) is 25.0 Å². The van der Waals surface area contributed by atoms with Crippen LogP contribution in [0.4, 0.5) is 13.2 Å². The van der Waals surface area contributed by atoms with Gasteiger partial charge in [0.2, 0.25) is 5.91 Å². The predicted molar refractivity (Wildman–Crippen MR) is 88.6 cm³/mol. The maximum Gasteiger partial charge on any atom is 0.417 e. The Bertz CT molecular complexity index is 789. The second-order valence-corrected chi connectivity index (χ2v) is 5.52. The number of alkyl halides is 3. The molecule has 1 atom stereocenters. The third-order valence-corrected chi connectivity index (χ3v) is 3.72. The minimum absolute atomic E-state index is 0.0409. The molecule has 0 aliphatic carbocycles. The number of hydrogen-bond donors (Lipinski definition) is 2. The van der Waals surface area contributed by atoms with E-state index in [0.717, 1.165) is 12.1 Å². The van der Waals surface area contributed by atoms with Crippen molar-refractivity contribution in [1.82, 2.24) is 5.32 Å². The van der Waals surface area contributed by atoms with Gasteiger partial charge in [0.05, 0.1) is 18.2 Å². The predicted octanol–water partition coefficient (Wildman–Crippen LogP) is 2.54. The molecule has 0 aliphatic rings. The van der Waals surface area contributed by atoms with Gasteiger partial charge in [-0.25, -0.2) is 0 Å². The molecular weight excluding hydrogens is 349 g/mol. The Hall–Kier alpha value is -3.03. The van der Waals surface area contributed by atoms with Crippen LogP contribution in [0.1, 0.15) is 21.5 Å². The number of ether oxygens (including phenoxy) is 1. The summed E-state index contributed by atoms with van der Waals surface area (Å²) in [5.74, 6) is -1.26. The van der Waals surface area contributed by atoms with Crippen LogP contribution in [0.5, 0.6) is 5.75 Å². The lowest BCUT2D eigenvalue weighted by Crippen LogP contribution is -2.46. The summed E-state index contributed by atoms with van der Waals surface area (Å²) in [5.41, 5.74) is 4.31. The fourth-order valence-corrected chi connectivity index (χ4v) is 2.38. The second kappa shape index (κ2) is 7.90. The van der Waals surface area contributed by atoms with Crippen LogP contribution in [0.15, 0.2) is 48.5 Å². The number of nitrogens with one attached hydrogen (secondary N) is 1. The number of carbonyl (C=O) groups is 2. The molecule has 8 heteroatoms. The van der Waals surface area contributed by atoms with Gasteiger partial charge in [0.1, 0.15) is 11.8 Å². The molecule has 0 aliphatic heterocycles. The van der Waals surface area contributed by atoms with Crippen LogP contribution >= 0.6 is 0 Å². The molecule has 0 fully saturated rings. The average Bonchev–Trinajstić information content (AvgIpc) is 2.61. The van der Waals surface area contributed by atoms with Gasteiger partial charge in [-0.15, -0.1) is 0 Å². The zero-order chi connectivity index (χ0) is 19.3. The fraction of sp³-hybridized carbons (Fsp3) is 0.222. The molecule has 2 aromatic rings. The molecule has 0 radical (unpaired) electrons. The summed E-state index contributed by atoms with van der Waals surface area (Å²) in [7, 11) is 1.50. The van der Waals surface area contributed by atoms with Crippen LogP contribution in [0.3, 0.4) is 0 Å². The topological polar surface area (TPSA) is 81.4 Å². The first-order chi connectivity index (χ1) is 12.2. The lowest BCUT2D eigenvalue weighted by atomic mass is 10.0. The van der Waals surface area contributed by atoms with Gasteiger partial charge in [0.25, 0.3) is 5.91 Å². The second-order valence-electron chi connectivity index (χ2n) is 5.52. The minimum atomic E-state index is -4.69. The van der Waals surface area contributed by atoms with Crippen LogP contribution in [0, 0.1) is 0 Å². The molecule has 2 amide bonds. The van der Waals surface area contributed by atoms with Crippen molar-refractivity contribution in [3.05, 3.63) is 65.2 Å². The third kappa shape index (κ3) is 4.75. The molecule has 0 aromatic heterocycles. The summed E-state index contributed by atoms with van der Waals surface area (Å²) in [5, 5.41) is 2.28. The minimum Gasteiger partial charge on any atom is -0.497 e. The lowest BCUT2D eigenvalue weighted by molar-refractivity contribution is -0.137. The Morgan fingerprint density at radius 3 is 2.27 bits per heavy atom. The monoisotopic (exact) mass is 366 g/mol. The van der Waals surface area contributed by atoms with Gasteiger partial charge in [-0.3, -0.25) is 9.59 Å². The summed E-state index contributed by atoms with van der Waals surface area (Å²) >= 11 is 0. The van der Waals surface area contributed by atoms with E-state index in [1.165, 1.54) is 19.2 Å². The number of amides is 2. The molecule has 0 heterocycles. The molecule has 0 spiro atoms. The Balaban J connectivity index is 2.20. The molecule has 0 saturated heterocycles. The highest BCUT2D eigenvalue weighted by molar-refractivity contribution is 5.98. The fourth-order valence-electron chi connectivity index (χ4n) is 2.38. The van der Waals surface area contributed by atoms with Gasteiger partial charge in [-0.05, 0) is 29.8 Å². The molecule has 138 valence electrons. The van der Waals surface area contributed by atoms with Gasteiger partial charge in [0, 0.05) is 6.42 Å². The molecule has 2 aromatic carbocycles. The first kappa shape index (κ1) is 19.3. The molecule has 0 bridgehead atoms. The van der Waals surface area contributed by atoms with Crippen molar-refractivity contribution >= 4 is 11.8 Å². The average molecular weight is 366 g/mol. The molecule has 2 rings (SSSR count). The van der Waals surface area contributed by atoms with E-state index in [1.54, 1.807) is 24.3 Å². The number of nitrogens with two attached hydrogens (primary N) is 1. The molecule has 26 heavy (non-hydrogen) atoms. The van der Waals surface area contributed by atoms with Crippen LogP contribution < -0.4 is 15.8 Å². The molecular formula is C18H17F3N2O3. The lowest BCUT2D eigenvalue weighted by Gasteiger charge is -2.18. The van der Waals surface area contributed by atoms with E-state index in [-0.39, 0.29) is 6.42 Å². The zero-order valence-corrected chi connectivity index (χ0v) is 13.8. The van der Waals surface area contributed by atoms with Crippen molar-refractivity contribution in [2.75, 3.05) is 7.11 Å². The molecule has 0 saturated carbocycles. The van der Waals surface area contributed by atoms with E-state index < -0.39 is 35.2 Å². The first-order valence-electron chi connectivity index (χ1n) is 7.61. The van der Waals surface area contributed by atoms with Gasteiger partial charge in [-0.2, -0.15) is 13.2 Å². The number of carbonyl (C=O) groups excluding carboxylic acids is 2. The number of hydrogen-bond acceptors (Lipinski definition) is 3. The summed E-state index contributed by atoms with van der Waals surface area (Å²) in [6, 6.07) is 9.85. The normalized spacial score (nSPS) is 12.3. The van der Waals surface area contributed by atoms with Gasteiger partial charge in [-0.1, -0.05) is 24.3 Å². The van der Waals surface area contributed by atoms with E-state index >= 15 is 0 Å². The maximum atomic E-state index is 13.0. The van der Waals surface area contributed by atoms with Crippen molar-refractivity contribution in [3.8, 4) is 5.75 Å². The van der Waals surface area contributed by atoms with Crippen molar-refractivity contribution in [1.29, 1.82) is 0 Å². The zero-order valence-electron chi connectivity index (χ0n) is 13.8. The SMILES string of the molecule is COc1ccc(C[C@@H](NC(=O)c2ccccc2C(F)(F)F)C(N)=O)cc1.